The van der Waals surface area contributed by atoms with Crippen molar-refractivity contribution >= 4 is 7.82 Å². The number of phosphoric ester groups is 1. The second-order valence-corrected chi connectivity index (χ2v) is 2.49. The molecule has 62 valence electrons. The fourth-order valence-corrected chi connectivity index (χ4v) is 0.457. The molecule has 0 fully saturated rings. The highest BCUT2D eigenvalue weighted by Crippen LogP contribution is 2.28. The van der Waals surface area contributed by atoms with E-state index in [4.69, 9.17) is 0 Å². The van der Waals surface area contributed by atoms with E-state index in [0.717, 1.165) is 0 Å². The lowest BCUT2D eigenvalue weighted by atomic mass is 10.7. The standard InChI is InChI=1S/C2H4F3O4P/c3-2(4,5)1-9-10(6,7)8/h1H2,(H2,6,7,8)/p-2. The van der Waals surface area contributed by atoms with Crippen molar-refractivity contribution in [3.8, 4) is 0 Å². The number of hydrogen-bond acceptors (Lipinski definition) is 4. The lowest BCUT2D eigenvalue weighted by Gasteiger charge is -2.28. The molecule has 0 unspecified atom stereocenters. The fourth-order valence-electron chi connectivity index (χ4n) is 0.152. The third-order valence-corrected chi connectivity index (χ3v) is 0.832. The van der Waals surface area contributed by atoms with Crippen LogP contribution in [0.15, 0.2) is 0 Å². The Balaban J connectivity index is 3.67. The fraction of sp³-hybridized carbons (Fsp3) is 1.00. The van der Waals surface area contributed by atoms with Crippen molar-refractivity contribution in [2.24, 2.45) is 0 Å². The van der Waals surface area contributed by atoms with Crippen LogP contribution in [0.1, 0.15) is 0 Å². The van der Waals surface area contributed by atoms with Crippen LogP contribution in [0.4, 0.5) is 13.2 Å². The predicted octanol–water partition coefficient (Wildman–Crippen LogP) is -0.606. The molecule has 0 heterocycles. The van der Waals surface area contributed by atoms with Crippen LogP contribution in [-0.2, 0) is 9.09 Å². The zero-order valence-corrected chi connectivity index (χ0v) is 5.32. The molecule has 0 amide bonds. The summed E-state index contributed by atoms with van der Waals surface area (Å²) in [5.41, 5.74) is 0. The smallest absolute Gasteiger partial charge is 0.412 e. The monoisotopic (exact) mass is 178 g/mol. The summed E-state index contributed by atoms with van der Waals surface area (Å²) in [6.45, 7) is -2.06. The summed E-state index contributed by atoms with van der Waals surface area (Å²) in [7, 11) is -5.48. The molecule has 0 saturated carbocycles. The molecule has 0 rings (SSSR count). The van der Waals surface area contributed by atoms with Crippen LogP contribution in [0.25, 0.3) is 0 Å². The Kier molecular flexibility index (Phi) is 2.85. The van der Waals surface area contributed by atoms with Gasteiger partial charge < -0.3 is 18.9 Å². The van der Waals surface area contributed by atoms with Crippen LogP contribution in [0.3, 0.4) is 0 Å². The van der Waals surface area contributed by atoms with E-state index in [0.29, 0.717) is 0 Å². The molecule has 0 aliphatic carbocycles. The van der Waals surface area contributed by atoms with Crippen molar-refractivity contribution in [3.05, 3.63) is 0 Å². The van der Waals surface area contributed by atoms with Crippen molar-refractivity contribution in [3.63, 3.8) is 0 Å². The summed E-state index contributed by atoms with van der Waals surface area (Å²) >= 11 is 0. The Morgan fingerprint density at radius 1 is 1.40 bits per heavy atom. The van der Waals surface area contributed by atoms with Gasteiger partial charge in [-0.1, -0.05) is 0 Å². The molecule has 0 N–H and O–H groups in total. The summed E-state index contributed by atoms with van der Waals surface area (Å²) in [5.74, 6) is 0. The number of phosphoric acid groups is 1. The van der Waals surface area contributed by atoms with Gasteiger partial charge in [-0.05, 0) is 0 Å². The Labute approximate surface area is 53.9 Å². The van der Waals surface area contributed by atoms with Crippen molar-refractivity contribution in [1.82, 2.24) is 0 Å². The SMILES string of the molecule is O=P([O-])([O-])OCC(F)(F)F. The summed E-state index contributed by atoms with van der Waals surface area (Å²) in [6.07, 6.45) is -4.79. The molecule has 0 saturated heterocycles. The largest absolute Gasteiger partial charge is 0.790 e. The maximum atomic E-state index is 11.1. The van der Waals surface area contributed by atoms with Crippen LogP contribution in [0.5, 0.6) is 0 Å². The molecule has 0 aliphatic rings. The van der Waals surface area contributed by atoms with E-state index >= 15 is 0 Å². The average Bonchev–Trinajstić information content (AvgIpc) is 1.57. The maximum absolute atomic E-state index is 11.1. The van der Waals surface area contributed by atoms with Gasteiger partial charge in [0.05, 0.1) is 7.82 Å². The van der Waals surface area contributed by atoms with Gasteiger partial charge in [-0.2, -0.15) is 13.2 Å². The van der Waals surface area contributed by atoms with E-state index in [-0.39, 0.29) is 0 Å². The van der Waals surface area contributed by atoms with E-state index in [9.17, 15) is 27.5 Å². The van der Waals surface area contributed by atoms with Gasteiger partial charge in [-0.25, -0.2) is 0 Å². The summed E-state index contributed by atoms with van der Waals surface area (Å²) in [6, 6.07) is 0. The molecular formula is C2H2F3O4P-2. The molecule has 0 bridgehead atoms. The minimum Gasteiger partial charge on any atom is -0.790 e. The number of halogens is 3. The van der Waals surface area contributed by atoms with Gasteiger partial charge in [-0.15, -0.1) is 0 Å². The first-order valence-electron chi connectivity index (χ1n) is 1.94. The van der Waals surface area contributed by atoms with Gasteiger partial charge in [0.25, 0.3) is 0 Å². The van der Waals surface area contributed by atoms with Gasteiger partial charge in [0.1, 0.15) is 6.61 Å². The van der Waals surface area contributed by atoms with E-state index in [1.165, 1.54) is 0 Å². The van der Waals surface area contributed by atoms with Gasteiger partial charge in [0, 0.05) is 0 Å². The minimum absolute atomic E-state index is 2.06. The second kappa shape index (κ2) is 2.87. The number of hydrogen-bond donors (Lipinski definition) is 0. The Morgan fingerprint density at radius 3 is 1.90 bits per heavy atom. The normalized spacial score (nSPS) is 13.7. The quantitative estimate of drug-likeness (QED) is 0.529. The minimum atomic E-state index is -5.48. The molecule has 0 aromatic carbocycles. The molecule has 10 heavy (non-hydrogen) atoms. The summed E-state index contributed by atoms with van der Waals surface area (Å²) in [5, 5.41) is 0. The van der Waals surface area contributed by atoms with Gasteiger partial charge >= 0.3 is 6.18 Å². The first-order valence-corrected chi connectivity index (χ1v) is 3.40. The predicted molar refractivity (Wildman–Crippen MR) is 19.6 cm³/mol. The lowest BCUT2D eigenvalue weighted by Crippen LogP contribution is -2.23. The Morgan fingerprint density at radius 2 is 1.80 bits per heavy atom. The van der Waals surface area contributed by atoms with Gasteiger partial charge in [0.15, 0.2) is 0 Å². The van der Waals surface area contributed by atoms with Crippen molar-refractivity contribution in [2.45, 2.75) is 6.18 Å². The second-order valence-electron chi connectivity index (χ2n) is 1.34. The summed E-state index contributed by atoms with van der Waals surface area (Å²) < 4.78 is 45.5. The summed E-state index contributed by atoms with van der Waals surface area (Å²) in [4.78, 5) is 18.9. The molecular weight excluding hydrogens is 176 g/mol. The van der Waals surface area contributed by atoms with Crippen LogP contribution in [0.2, 0.25) is 0 Å². The topological polar surface area (TPSA) is 72.4 Å². The van der Waals surface area contributed by atoms with Crippen molar-refractivity contribution in [2.75, 3.05) is 6.61 Å². The highest BCUT2D eigenvalue weighted by atomic mass is 31.2. The first-order chi connectivity index (χ1) is 4.21. The Hall–Kier alpha value is -0.100. The first kappa shape index (κ1) is 9.90. The van der Waals surface area contributed by atoms with Crippen molar-refractivity contribution in [1.29, 1.82) is 0 Å². The number of alkyl halides is 3. The Bertz CT molecular complexity index is 147. The van der Waals surface area contributed by atoms with E-state index in [1.54, 1.807) is 0 Å². The molecule has 0 radical (unpaired) electrons. The molecule has 4 nitrogen and oxygen atoms in total. The zero-order chi connectivity index (χ0) is 8.41. The maximum Gasteiger partial charge on any atom is 0.412 e. The van der Waals surface area contributed by atoms with E-state index in [1.807, 2.05) is 0 Å². The third-order valence-electron chi connectivity index (χ3n) is 0.386. The van der Waals surface area contributed by atoms with Gasteiger partial charge in [-0.3, -0.25) is 0 Å². The third kappa shape index (κ3) is 7.90. The number of rotatable bonds is 2. The highest BCUT2D eigenvalue weighted by Gasteiger charge is 2.27. The molecule has 0 atom stereocenters. The van der Waals surface area contributed by atoms with Gasteiger partial charge in [0.2, 0.25) is 0 Å². The molecule has 0 aliphatic heterocycles. The molecule has 8 heteroatoms. The van der Waals surface area contributed by atoms with E-state index in [2.05, 4.69) is 4.52 Å². The average molecular weight is 178 g/mol. The van der Waals surface area contributed by atoms with Crippen LogP contribution in [-0.4, -0.2) is 12.8 Å². The van der Waals surface area contributed by atoms with Crippen LogP contribution >= 0.6 is 7.82 Å². The zero-order valence-electron chi connectivity index (χ0n) is 4.42. The highest BCUT2D eigenvalue weighted by molar-refractivity contribution is 7.43. The van der Waals surface area contributed by atoms with Crippen LogP contribution < -0.4 is 9.79 Å². The molecule has 0 aromatic rings. The lowest BCUT2D eigenvalue weighted by molar-refractivity contribution is -0.347. The molecule has 0 spiro atoms. The molecule has 0 aromatic heterocycles. The van der Waals surface area contributed by atoms with Crippen LogP contribution in [0, 0.1) is 0 Å². The van der Waals surface area contributed by atoms with Crippen molar-refractivity contribution < 1.29 is 32.0 Å². The van der Waals surface area contributed by atoms with E-state index < -0.39 is 20.6 Å².